The number of H-pyrrole nitrogens is 1. The topological polar surface area (TPSA) is 107 Å². The van der Waals surface area contributed by atoms with Crippen molar-refractivity contribution in [1.82, 2.24) is 19.4 Å². The molecular formula is C25H26N4O5. The predicted molar refractivity (Wildman–Crippen MR) is 129 cm³/mol. The van der Waals surface area contributed by atoms with Gasteiger partial charge in [-0.15, -0.1) is 0 Å². The van der Waals surface area contributed by atoms with E-state index in [-0.39, 0.29) is 29.0 Å². The third kappa shape index (κ3) is 4.45. The highest BCUT2D eigenvalue weighted by atomic mass is 16.5. The molecule has 2 aromatic carbocycles. The molecule has 0 atom stereocenters. The maximum absolute atomic E-state index is 13.1. The Labute approximate surface area is 195 Å². The number of methoxy groups -OCH3 is 2. The van der Waals surface area contributed by atoms with Crippen molar-refractivity contribution >= 4 is 16.9 Å². The van der Waals surface area contributed by atoms with Gasteiger partial charge in [0, 0.05) is 19.8 Å². The van der Waals surface area contributed by atoms with Gasteiger partial charge in [0.2, 0.25) is 0 Å². The van der Waals surface area contributed by atoms with E-state index in [9.17, 15) is 14.4 Å². The summed E-state index contributed by atoms with van der Waals surface area (Å²) in [6.07, 6.45) is 2.12. The quantitative estimate of drug-likeness (QED) is 0.417. The van der Waals surface area contributed by atoms with Crippen LogP contribution in [0.25, 0.3) is 11.0 Å². The second-order valence-electron chi connectivity index (χ2n) is 7.88. The Balaban J connectivity index is 1.55. The van der Waals surface area contributed by atoms with Gasteiger partial charge in [-0.25, -0.2) is 4.79 Å². The lowest BCUT2D eigenvalue weighted by atomic mass is 10.1. The highest BCUT2D eigenvalue weighted by Gasteiger charge is 2.19. The number of hydrogen-bond donors (Lipinski definition) is 2. The second kappa shape index (κ2) is 9.70. The number of rotatable bonds is 8. The summed E-state index contributed by atoms with van der Waals surface area (Å²) in [6.45, 7) is 0.503. The molecule has 2 N–H and O–H groups in total. The molecule has 0 aliphatic carbocycles. The summed E-state index contributed by atoms with van der Waals surface area (Å²) < 4.78 is 13.3. The number of carbonyl (C=O) groups is 1. The Bertz CT molecular complexity index is 1450. The molecule has 4 rings (SSSR count). The highest BCUT2D eigenvalue weighted by Crippen LogP contribution is 2.27. The number of aryl methyl sites for hydroxylation is 1. The Morgan fingerprint density at radius 1 is 1.00 bits per heavy atom. The van der Waals surface area contributed by atoms with Crippen molar-refractivity contribution in [2.45, 2.75) is 13.0 Å². The lowest BCUT2D eigenvalue weighted by molar-refractivity contribution is 0.0955. The largest absolute Gasteiger partial charge is 0.493 e. The van der Waals surface area contributed by atoms with Gasteiger partial charge in [-0.05, 0) is 29.7 Å². The highest BCUT2D eigenvalue weighted by molar-refractivity contribution is 6.05. The van der Waals surface area contributed by atoms with Gasteiger partial charge in [-0.3, -0.25) is 14.2 Å². The predicted octanol–water partition coefficient (Wildman–Crippen LogP) is 2.07. The average Bonchev–Trinajstić information content (AvgIpc) is 3.18. The molecule has 0 spiro atoms. The van der Waals surface area contributed by atoms with Crippen molar-refractivity contribution in [3.05, 3.63) is 92.3 Å². The maximum atomic E-state index is 13.1. The molecule has 0 saturated heterocycles. The summed E-state index contributed by atoms with van der Waals surface area (Å²) in [6, 6.07) is 14.8. The average molecular weight is 463 g/mol. The van der Waals surface area contributed by atoms with Crippen LogP contribution in [0.15, 0.2) is 64.3 Å². The van der Waals surface area contributed by atoms with Crippen LogP contribution in [0.5, 0.6) is 11.5 Å². The smallest absolute Gasteiger partial charge is 0.329 e. The van der Waals surface area contributed by atoms with Gasteiger partial charge in [0.05, 0.1) is 31.8 Å². The Morgan fingerprint density at radius 3 is 2.44 bits per heavy atom. The van der Waals surface area contributed by atoms with Gasteiger partial charge in [-0.2, -0.15) is 0 Å². The minimum atomic E-state index is -0.563. The molecule has 0 aliphatic rings. The van der Waals surface area contributed by atoms with Crippen molar-refractivity contribution in [2.75, 3.05) is 20.8 Å². The first-order chi connectivity index (χ1) is 16.4. The van der Waals surface area contributed by atoms with Gasteiger partial charge in [-0.1, -0.05) is 36.4 Å². The minimum absolute atomic E-state index is 0.142. The molecule has 176 valence electrons. The molecular weight excluding hydrogens is 436 g/mol. The van der Waals surface area contributed by atoms with E-state index < -0.39 is 11.2 Å². The summed E-state index contributed by atoms with van der Waals surface area (Å²) in [5.41, 5.74) is 1.52. The SMILES string of the molecule is COc1ccc(CCNC(=O)c2cn(C)c3c(=O)n(Cc4ccccc4)c(=O)[nH]c23)cc1OC. The number of aromatic nitrogens is 3. The van der Waals surface area contributed by atoms with Gasteiger partial charge in [0.1, 0.15) is 5.52 Å². The van der Waals surface area contributed by atoms with Crippen molar-refractivity contribution in [3.63, 3.8) is 0 Å². The van der Waals surface area contributed by atoms with Crippen LogP contribution in [0.2, 0.25) is 0 Å². The monoisotopic (exact) mass is 462 g/mol. The standard InChI is InChI=1S/C25H26N4O5/c1-28-15-18(23(30)26-12-11-16-9-10-19(33-2)20(13-16)34-3)21-22(28)24(31)29(25(32)27-21)14-17-7-5-4-6-8-17/h4-10,13,15H,11-12,14H2,1-3H3,(H,26,30)(H,27,32). The zero-order valence-electron chi connectivity index (χ0n) is 19.3. The fourth-order valence-electron chi connectivity index (χ4n) is 3.94. The normalized spacial score (nSPS) is 10.9. The van der Waals surface area contributed by atoms with Gasteiger partial charge < -0.3 is 24.3 Å². The number of carbonyl (C=O) groups excluding carboxylic acids is 1. The van der Waals surface area contributed by atoms with Crippen LogP contribution in [-0.2, 0) is 20.0 Å². The molecule has 1 amide bonds. The van der Waals surface area contributed by atoms with Gasteiger partial charge >= 0.3 is 5.69 Å². The van der Waals surface area contributed by atoms with E-state index in [2.05, 4.69) is 10.3 Å². The van der Waals surface area contributed by atoms with E-state index in [1.54, 1.807) is 32.0 Å². The van der Waals surface area contributed by atoms with Crippen LogP contribution in [0.1, 0.15) is 21.5 Å². The van der Waals surface area contributed by atoms with Crippen LogP contribution in [-0.4, -0.2) is 40.8 Å². The van der Waals surface area contributed by atoms with Crippen molar-refractivity contribution in [3.8, 4) is 11.5 Å². The zero-order chi connectivity index (χ0) is 24.2. The minimum Gasteiger partial charge on any atom is -0.493 e. The lowest BCUT2D eigenvalue weighted by Crippen LogP contribution is -2.36. The molecule has 0 radical (unpaired) electrons. The van der Waals surface area contributed by atoms with Crippen LogP contribution < -0.4 is 26.0 Å². The van der Waals surface area contributed by atoms with E-state index in [4.69, 9.17) is 9.47 Å². The van der Waals surface area contributed by atoms with E-state index in [0.717, 1.165) is 15.7 Å². The number of fused-ring (bicyclic) bond motifs is 1. The zero-order valence-corrected chi connectivity index (χ0v) is 19.3. The lowest BCUT2D eigenvalue weighted by Gasteiger charge is -2.10. The third-order valence-corrected chi connectivity index (χ3v) is 5.68. The summed E-state index contributed by atoms with van der Waals surface area (Å²) in [5.74, 6) is 0.875. The van der Waals surface area contributed by atoms with E-state index in [1.165, 1.54) is 0 Å². The molecule has 0 aliphatic heterocycles. The van der Waals surface area contributed by atoms with E-state index in [0.29, 0.717) is 24.5 Å². The molecule has 2 aromatic heterocycles. The molecule has 2 heterocycles. The molecule has 34 heavy (non-hydrogen) atoms. The summed E-state index contributed by atoms with van der Waals surface area (Å²) in [7, 11) is 4.82. The number of hydrogen-bond acceptors (Lipinski definition) is 5. The molecule has 0 bridgehead atoms. The molecule has 4 aromatic rings. The maximum Gasteiger partial charge on any atom is 0.329 e. The molecule has 0 unspecified atom stereocenters. The Hall–Kier alpha value is -4.27. The number of amides is 1. The van der Waals surface area contributed by atoms with Crippen LogP contribution in [0.4, 0.5) is 0 Å². The summed E-state index contributed by atoms with van der Waals surface area (Å²) >= 11 is 0. The van der Waals surface area contributed by atoms with Gasteiger partial charge in [0.15, 0.2) is 11.5 Å². The summed E-state index contributed by atoms with van der Waals surface area (Å²) in [4.78, 5) is 41.4. The number of aromatic amines is 1. The molecule has 0 saturated carbocycles. The molecule has 9 heteroatoms. The van der Waals surface area contributed by atoms with Crippen LogP contribution >= 0.6 is 0 Å². The van der Waals surface area contributed by atoms with Crippen LogP contribution in [0.3, 0.4) is 0 Å². The Morgan fingerprint density at radius 2 is 1.74 bits per heavy atom. The fourth-order valence-corrected chi connectivity index (χ4v) is 3.94. The number of nitrogens with zero attached hydrogens (tertiary/aromatic N) is 2. The number of ether oxygens (including phenoxy) is 2. The second-order valence-corrected chi connectivity index (χ2v) is 7.88. The van der Waals surface area contributed by atoms with E-state index in [1.807, 2.05) is 48.5 Å². The van der Waals surface area contributed by atoms with Crippen molar-refractivity contribution in [1.29, 1.82) is 0 Å². The first kappa shape index (κ1) is 22.9. The third-order valence-electron chi connectivity index (χ3n) is 5.68. The number of nitrogens with one attached hydrogen (secondary N) is 2. The Kier molecular flexibility index (Phi) is 6.53. The van der Waals surface area contributed by atoms with E-state index >= 15 is 0 Å². The molecule has 0 fully saturated rings. The first-order valence-electron chi connectivity index (χ1n) is 10.8. The summed E-state index contributed by atoms with van der Waals surface area (Å²) in [5, 5.41) is 2.86. The molecule has 9 nitrogen and oxygen atoms in total. The number of benzene rings is 2. The van der Waals surface area contributed by atoms with Gasteiger partial charge in [0.25, 0.3) is 11.5 Å². The van der Waals surface area contributed by atoms with Crippen molar-refractivity contribution < 1.29 is 14.3 Å². The van der Waals surface area contributed by atoms with Crippen molar-refractivity contribution in [2.24, 2.45) is 7.05 Å². The first-order valence-corrected chi connectivity index (χ1v) is 10.8. The fraction of sp³-hybridized carbons (Fsp3) is 0.240. The van der Waals surface area contributed by atoms with Crippen LogP contribution in [0, 0.1) is 0 Å².